The third-order valence-electron chi connectivity index (χ3n) is 3.52. The fourth-order valence-corrected chi connectivity index (χ4v) is 2.47. The van der Waals surface area contributed by atoms with Crippen LogP contribution in [0.2, 0.25) is 0 Å². The number of rotatable bonds is 4. The van der Waals surface area contributed by atoms with Crippen molar-refractivity contribution in [2.24, 2.45) is 16.8 Å². The second kappa shape index (κ2) is 6.22. The molecule has 0 radical (unpaired) electrons. The molecular weight excluding hydrogens is 242 g/mol. The fraction of sp³-hybridized carbons (Fsp3) is 0.429. The molecule has 1 amide bonds. The van der Waals surface area contributed by atoms with Gasteiger partial charge < -0.3 is 16.3 Å². The van der Waals surface area contributed by atoms with Crippen LogP contribution in [0.4, 0.5) is 5.69 Å². The second-order valence-corrected chi connectivity index (χ2v) is 4.97. The Morgan fingerprint density at radius 2 is 1.95 bits per heavy atom. The molecule has 1 saturated carbocycles. The zero-order valence-corrected chi connectivity index (χ0v) is 10.8. The van der Waals surface area contributed by atoms with Crippen molar-refractivity contribution in [1.29, 1.82) is 0 Å². The molecule has 1 aliphatic rings. The lowest BCUT2D eigenvalue weighted by molar-refractivity contribution is -0.117. The Kier molecular flexibility index (Phi) is 4.39. The average Bonchev–Trinajstić information content (AvgIpc) is 2.91. The predicted octanol–water partition coefficient (Wildman–Crippen LogP) is 2.30. The molecule has 102 valence electrons. The van der Waals surface area contributed by atoms with Crippen LogP contribution < -0.4 is 11.1 Å². The number of amidine groups is 1. The highest BCUT2D eigenvalue weighted by molar-refractivity contribution is 5.98. The summed E-state index contributed by atoms with van der Waals surface area (Å²) >= 11 is 0. The van der Waals surface area contributed by atoms with Crippen molar-refractivity contribution >= 4 is 17.4 Å². The van der Waals surface area contributed by atoms with Gasteiger partial charge in [0.15, 0.2) is 5.84 Å². The molecule has 1 fully saturated rings. The number of amides is 1. The van der Waals surface area contributed by atoms with E-state index in [1.54, 1.807) is 24.3 Å². The van der Waals surface area contributed by atoms with Gasteiger partial charge in [-0.25, -0.2) is 0 Å². The van der Waals surface area contributed by atoms with Crippen LogP contribution in [-0.4, -0.2) is 17.0 Å². The highest BCUT2D eigenvalue weighted by Crippen LogP contribution is 2.27. The molecule has 1 aliphatic carbocycles. The number of hydrogen-bond acceptors (Lipinski definition) is 3. The molecule has 19 heavy (non-hydrogen) atoms. The monoisotopic (exact) mass is 261 g/mol. The molecule has 5 nitrogen and oxygen atoms in total. The van der Waals surface area contributed by atoms with Crippen LogP contribution in [0.1, 0.15) is 37.7 Å². The number of benzene rings is 1. The predicted molar refractivity (Wildman–Crippen MR) is 74.2 cm³/mol. The van der Waals surface area contributed by atoms with E-state index in [4.69, 9.17) is 10.9 Å². The quantitative estimate of drug-likeness (QED) is 0.336. The van der Waals surface area contributed by atoms with Crippen molar-refractivity contribution in [1.82, 2.24) is 0 Å². The topological polar surface area (TPSA) is 87.7 Å². The Hall–Kier alpha value is -2.04. The van der Waals surface area contributed by atoms with E-state index >= 15 is 0 Å². The molecule has 1 aromatic carbocycles. The molecule has 0 spiro atoms. The lowest BCUT2D eigenvalue weighted by Crippen LogP contribution is -2.16. The van der Waals surface area contributed by atoms with Crippen molar-refractivity contribution in [3.8, 4) is 0 Å². The minimum Gasteiger partial charge on any atom is -0.409 e. The number of anilines is 1. The summed E-state index contributed by atoms with van der Waals surface area (Å²) in [6.07, 6.45) is 5.41. The van der Waals surface area contributed by atoms with E-state index < -0.39 is 0 Å². The van der Waals surface area contributed by atoms with E-state index in [0.717, 1.165) is 18.5 Å². The number of hydrogen-bond donors (Lipinski definition) is 3. The van der Waals surface area contributed by atoms with Crippen LogP contribution in [0.25, 0.3) is 0 Å². The van der Waals surface area contributed by atoms with Gasteiger partial charge in [0, 0.05) is 17.7 Å². The number of carbonyl (C=O) groups is 1. The minimum absolute atomic E-state index is 0.0587. The van der Waals surface area contributed by atoms with Crippen molar-refractivity contribution in [2.75, 3.05) is 5.32 Å². The molecule has 5 heteroatoms. The molecule has 4 N–H and O–H groups in total. The Balaban J connectivity index is 1.90. The first kappa shape index (κ1) is 13.4. The summed E-state index contributed by atoms with van der Waals surface area (Å²) in [4.78, 5) is 11.8. The maximum atomic E-state index is 11.8. The van der Waals surface area contributed by atoms with Gasteiger partial charge in [0.25, 0.3) is 0 Å². The Morgan fingerprint density at radius 1 is 1.32 bits per heavy atom. The van der Waals surface area contributed by atoms with Crippen LogP contribution in [-0.2, 0) is 4.79 Å². The van der Waals surface area contributed by atoms with E-state index in [1.807, 2.05) is 0 Å². The summed E-state index contributed by atoms with van der Waals surface area (Å²) in [5, 5.41) is 14.4. The molecule has 0 bridgehead atoms. The highest BCUT2D eigenvalue weighted by atomic mass is 16.4. The van der Waals surface area contributed by atoms with E-state index in [9.17, 15) is 4.79 Å². The van der Waals surface area contributed by atoms with E-state index in [-0.39, 0.29) is 11.7 Å². The number of nitrogens with two attached hydrogens (primary N) is 1. The zero-order chi connectivity index (χ0) is 13.7. The molecule has 0 atom stereocenters. The molecule has 0 saturated heterocycles. The first-order valence-corrected chi connectivity index (χ1v) is 6.57. The first-order valence-electron chi connectivity index (χ1n) is 6.57. The maximum Gasteiger partial charge on any atom is 0.224 e. The molecule has 1 aromatic rings. The SMILES string of the molecule is N/C(=N/O)c1ccc(NC(=O)CC2CCCC2)cc1. The average molecular weight is 261 g/mol. The summed E-state index contributed by atoms with van der Waals surface area (Å²) in [6.45, 7) is 0. The number of nitrogens with one attached hydrogen (secondary N) is 1. The Morgan fingerprint density at radius 3 is 2.53 bits per heavy atom. The van der Waals surface area contributed by atoms with Gasteiger partial charge in [0.1, 0.15) is 0 Å². The minimum atomic E-state index is 0.0587. The van der Waals surface area contributed by atoms with Crippen LogP contribution in [0, 0.1) is 5.92 Å². The third-order valence-corrected chi connectivity index (χ3v) is 3.52. The summed E-state index contributed by atoms with van der Waals surface area (Å²) in [7, 11) is 0. The van der Waals surface area contributed by atoms with Crippen molar-refractivity contribution in [2.45, 2.75) is 32.1 Å². The summed E-state index contributed by atoms with van der Waals surface area (Å²) in [5.74, 6) is 0.656. The van der Waals surface area contributed by atoms with E-state index in [0.29, 0.717) is 17.9 Å². The first-order chi connectivity index (χ1) is 9.19. The standard InChI is InChI=1S/C14H19N3O2/c15-14(17-19)11-5-7-12(8-6-11)16-13(18)9-10-3-1-2-4-10/h5-8,10,19H,1-4,9H2,(H2,15,17)(H,16,18). The van der Waals surface area contributed by atoms with Gasteiger partial charge in [-0.2, -0.15) is 0 Å². The van der Waals surface area contributed by atoms with Gasteiger partial charge >= 0.3 is 0 Å². The lowest BCUT2D eigenvalue weighted by Gasteiger charge is -2.10. The molecule has 0 heterocycles. The van der Waals surface area contributed by atoms with Gasteiger partial charge in [-0.3, -0.25) is 4.79 Å². The van der Waals surface area contributed by atoms with E-state index in [2.05, 4.69) is 10.5 Å². The smallest absolute Gasteiger partial charge is 0.224 e. The lowest BCUT2D eigenvalue weighted by atomic mass is 10.0. The molecule has 0 aliphatic heterocycles. The summed E-state index contributed by atoms with van der Waals surface area (Å²) in [5.41, 5.74) is 6.82. The number of carbonyl (C=O) groups excluding carboxylic acids is 1. The van der Waals surface area contributed by atoms with Gasteiger partial charge in [0.2, 0.25) is 5.91 Å². The zero-order valence-electron chi connectivity index (χ0n) is 10.8. The van der Waals surface area contributed by atoms with Gasteiger partial charge in [0.05, 0.1) is 0 Å². The second-order valence-electron chi connectivity index (χ2n) is 4.97. The number of oxime groups is 1. The highest BCUT2D eigenvalue weighted by Gasteiger charge is 2.18. The van der Waals surface area contributed by atoms with Gasteiger partial charge in [-0.1, -0.05) is 18.0 Å². The van der Waals surface area contributed by atoms with Crippen LogP contribution in [0.3, 0.4) is 0 Å². The van der Waals surface area contributed by atoms with Crippen LogP contribution >= 0.6 is 0 Å². The van der Waals surface area contributed by atoms with Crippen LogP contribution in [0.5, 0.6) is 0 Å². The summed E-state index contributed by atoms with van der Waals surface area (Å²) in [6, 6.07) is 6.92. The Bertz CT molecular complexity index is 462. The van der Waals surface area contributed by atoms with Crippen molar-refractivity contribution < 1.29 is 10.0 Å². The fourth-order valence-electron chi connectivity index (χ4n) is 2.47. The van der Waals surface area contributed by atoms with Crippen molar-refractivity contribution in [3.05, 3.63) is 29.8 Å². The van der Waals surface area contributed by atoms with Crippen molar-refractivity contribution in [3.63, 3.8) is 0 Å². The Labute approximate surface area is 112 Å². The normalized spacial score (nSPS) is 16.5. The molecule has 2 rings (SSSR count). The van der Waals surface area contributed by atoms with Crippen LogP contribution in [0.15, 0.2) is 29.4 Å². The molecule has 0 aromatic heterocycles. The largest absolute Gasteiger partial charge is 0.409 e. The molecular formula is C14H19N3O2. The molecule has 0 unspecified atom stereocenters. The third kappa shape index (κ3) is 3.71. The van der Waals surface area contributed by atoms with Gasteiger partial charge in [-0.05, 0) is 43.0 Å². The number of nitrogens with zero attached hydrogens (tertiary/aromatic N) is 1. The summed E-state index contributed by atoms with van der Waals surface area (Å²) < 4.78 is 0. The van der Waals surface area contributed by atoms with E-state index in [1.165, 1.54) is 12.8 Å². The maximum absolute atomic E-state index is 11.8. The van der Waals surface area contributed by atoms with Gasteiger partial charge in [-0.15, -0.1) is 0 Å².